The van der Waals surface area contributed by atoms with Gasteiger partial charge in [-0.15, -0.1) is 0 Å². The summed E-state index contributed by atoms with van der Waals surface area (Å²) >= 11 is 0. The Labute approximate surface area is 241 Å². The molecule has 0 aliphatic heterocycles. The Hall–Kier alpha value is -4.62. The Bertz CT molecular complexity index is 1980. The molecule has 4 radical (unpaired) electrons. The van der Waals surface area contributed by atoms with Gasteiger partial charge in [-0.2, -0.15) is 5.26 Å². The van der Waals surface area contributed by atoms with E-state index in [2.05, 4.69) is 29.3 Å². The Morgan fingerprint density at radius 3 is 2.20 bits per heavy atom. The highest BCUT2D eigenvalue weighted by Crippen LogP contribution is 2.43. The van der Waals surface area contributed by atoms with Crippen LogP contribution in [0.3, 0.4) is 0 Å². The van der Waals surface area contributed by atoms with E-state index in [1.54, 1.807) is 6.07 Å². The monoisotopic (exact) mass is 530 g/mol. The van der Waals surface area contributed by atoms with E-state index in [4.69, 9.17) is 20.1 Å². The zero-order valence-corrected chi connectivity index (χ0v) is 23.1. The van der Waals surface area contributed by atoms with Crippen molar-refractivity contribution in [2.75, 3.05) is 0 Å². The van der Waals surface area contributed by atoms with Crippen molar-refractivity contribution >= 4 is 37.6 Å². The SMILES string of the molecule is [B]C([B])(c1cc(-c2cccc3c2oc2c(-c4cccc(-c5ccccc5)c4)c(C#N)ccc23)ncc1F)C(C)(C)C. The molecule has 0 spiro atoms. The van der Waals surface area contributed by atoms with Crippen LogP contribution in [0.25, 0.3) is 55.4 Å². The first kappa shape index (κ1) is 26.6. The first-order valence-corrected chi connectivity index (χ1v) is 13.4. The zero-order chi connectivity index (χ0) is 28.9. The largest absolute Gasteiger partial charge is 0.455 e. The number of fused-ring (bicyclic) bond motifs is 3. The van der Waals surface area contributed by atoms with Gasteiger partial charge in [-0.25, -0.2) is 4.39 Å². The lowest BCUT2D eigenvalue weighted by molar-refractivity contribution is 0.349. The van der Waals surface area contributed by atoms with Crippen LogP contribution in [-0.4, -0.2) is 20.7 Å². The van der Waals surface area contributed by atoms with Crippen molar-refractivity contribution in [3.05, 3.63) is 114 Å². The Morgan fingerprint density at radius 1 is 0.780 bits per heavy atom. The lowest BCUT2D eigenvalue weighted by atomic mass is 9.41. The van der Waals surface area contributed by atoms with E-state index in [-0.39, 0.29) is 5.56 Å². The van der Waals surface area contributed by atoms with E-state index < -0.39 is 16.4 Å². The van der Waals surface area contributed by atoms with Gasteiger partial charge in [0.1, 0.15) is 17.0 Å². The predicted molar refractivity (Wildman–Crippen MR) is 165 cm³/mol. The molecule has 0 atom stereocenters. The molecule has 41 heavy (non-hydrogen) atoms. The number of nitriles is 1. The molecule has 0 saturated heterocycles. The van der Waals surface area contributed by atoms with Crippen LogP contribution >= 0.6 is 0 Å². The molecule has 0 unspecified atom stereocenters. The van der Waals surface area contributed by atoms with Crippen molar-refractivity contribution in [2.24, 2.45) is 5.41 Å². The fourth-order valence-electron chi connectivity index (χ4n) is 5.24. The van der Waals surface area contributed by atoms with Crippen molar-refractivity contribution in [1.82, 2.24) is 4.98 Å². The lowest BCUT2D eigenvalue weighted by Gasteiger charge is -2.41. The van der Waals surface area contributed by atoms with Gasteiger partial charge in [-0.05, 0) is 58.0 Å². The normalized spacial score (nSPS) is 12.1. The number of hydrogen-bond donors (Lipinski definition) is 0. The maximum Gasteiger partial charge on any atom is 0.144 e. The maximum absolute atomic E-state index is 15.0. The van der Waals surface area contributed by atoms with Gasteiger partial charge >= 0.3 is 0 Å². The van der Waals surface area contributed by atoms with Gasteiger partial charge in [0.15, 0.2) is 0 Å². The number of hydrogen-bond acceptors (Lipinski definition) is 3. The first-order chi connectivity index (χ1) is 19.6. The molecule has 3 nitrogen and oxygen atoms in total. The van der Waals surface area contributed by atoms with Crippen LogP contribution in [0.1, 0.15) is 31.9 Å². The highest BCUT2D eigenvalue weighted by molar-refractivity contribution is 6.40. The average Bonchev–Trinajstić information content (AvgIpc) is 3.35. The number of nitrogens with zero attached hydrogens (tertiary/aromatic N) is 2. The Kier molecular flexibility index (Phi) is 6.35. The number of benzene rings is 4. The molecule has 0 fully saturated rings. The van der Waals surface area contributed by atoms with Crippen molar-refractivity contribution in [1.29, 1.82) is 5.26 Å². The Morgan fingerprint density at radius 2 is 1.46 bits per heavy atom. The minimum atomic E-state index is -1.44. The summed E-state index contributed by atoms with van der Waals surface area (Å²) in [6.45, 7) is 5.61. The van der Waals surface area contributed by atoms with Gasteiger partial charge in [0, 0.05) is 21.9 Å². The van der Waals surface area contributed by atoms with Gasteiger partial charge in [0.2, 0.25) is 0 Å². The summed E-state index contributed by atoms with van der Waals surface area (Å²) in [6.07, 6.45) is 1.15. The molecule has 0 saturated carbocycles. The zero-order valence-electron chi connectivity index (χ0n) is 23.1. The summed E-state index contributed by atoms with van der Waals surface area (Å²) in [5.41, 5.74) is 6.11. The van der Waals surface area contributed by atoms with Crippen LogP contribution in [0.4, 0.5) is 4.39 Å². The van der Waals surface area contributed by atoms with Crippen molar-refractivity contribution in [3.8, 4) is 39.6 Å². The standard InChI is InChI=1S/C35H25B2FN2O/c1-34(2,3)35(36,37)28-18-30(40-20-29(28)38)27-14-8-13-25-26-16-15-24(19-39)31(33(26)41-32(25)27)23-12-7-11-22(17-23)21-9-5-4-6-10-21/h4-18,20H,1-3H3. The molecule has 0 bridgehead atoms. The fraction of sp³-hybridized carbons (Fsp3) is 0.143. The third-order valence-corrected chi connectivity index (χ3v) is 7.86. The maximum atomic E-state index is 15.0. The van der Waals surface area contributed by atoms with Crippen molar-refractivity contribution in [3.63, 3.8) is 0 Å². The second-order valence-corrected chi connectivity index (χ2v) is 11.4. The quantitative estimate of drug-likeness (QED) is 0.215. The van der Waals surface area contributed by atoms with Crippen LogP contribution in [0.15, 0.2) is 102 Å². The molecule has 2 heterocycles. The third-order valence-electron chi connectivity index (χ3n) is 7.86. The smallest absolute Gasteiger partial charge is 0.144 e. The summed E-state index contributed by atoms with van der Waals surface area (Å²) in [5.74, 6) is -0.565. The number of halogens is 1. The van der Waals surface area contributed by atoms with Crippen LogP contribution in [0, 0.1) is 22.6 Å². The second kappa shape index (κ2) is 9.78. The number of furan rings is 1. The molecule has 0 aliphatic carbocycles. The van der Waals surface area contributed by atoms with E-state index in [1.807, 2.05) is 87.5 Å². The van der Waals surface area contributed by atoms with E-state index in [1.165, 1.54) is 0 Å². The number of rotatable bonds is 4. The predicted octanol–water partition coefficient (Wildman–Crippen LogP) is 8.53. The second-order valence-electron chi connectivity index (χ2n) is 11.4. The van der Waals surface area contributed by atoms with Crippen LogP contribution < -0.4 is 0 Å². The summed E-state index contributed by atoms with van der Waals surface area (Å²) in [7, 11) is 12.9. The van der Waals surface area contributed by atoms with Gasteiger partial charge < -0.3 is 4.42 Å². The topological polar surface area (TPSA) is 49.8 Å². The minimum Gasteiger partial charge on any atom is -0.455 e. The first-order valence-electron chi connectivity index (χ1n) is 13.4. The van der Waals surface area contributed by atoms with Crippen LogP contribution in [-0.2, 0) is 5.21 Å². The van der Waals surface area contributed by atoms with E-state index in [0.29, 0.717) is 33.6 Å². The molecule has 6 aromatic rings. The fourth-order valence-corrected chi connectivity index (χ4v) is 5.24. The molecule has 0 N–H and O–H groups in total. The van der Waals surface area contributed by atoms with Crippen LogP contribution in [0.5, 0.6) is 0 Å². The third kappa shape index (κ3) is 4.43. The minimum absolute atomic E-state index is 0.174. The molecule has 2 aromatic heterocycles. The number of pyridine rings is 1. The van der Waals surface area contributed by atoms with Gasteiger partial charge in [0.05, 0.1) is 39.2 Å². The summed E-state index contributed by atoms with van der Waals surface area (Å²) in [6, 6.07) is 31.6. The molecular weight excluding hydrogens is 505 g/mol. The average molecular weight is 530 g/mol. The van der Waals surface area contributed by atoms with E-state index in [9.17, 15) is 9.65 Å². The molecule has 0 amide bonds. The van der Waals surface area contributed by atoms with Gasteiger partial charge in [-0.3, -0.25) is 4.98 Å². The molecular formula is C35H25B2FN2O. The molecule has 6 heteroatoms. The van der Waals surface area contributed by atoms with Crippen molar-refractivity contribution in [2.45, 2.75) is 26.0 Å². The number of para-hydroxylation sites is 1. The number of aromatic nitrogens is 1. The molecule has 0 aliphatic rings. The van der Waals surface area contributed by atoms with Crippen LogP contribution in [0.2, 0.25) is 0 Å². The Balaban J connectivity index is 1.58. The summed E-state index contributed by atoms with van der Waals surface area (Å²) in [5, 5.41) is 10.4. The highest BCUT2D eigenvalue weighted by Gasteiger charge is 2.36. The molecule has 194 valence electrons. The summed E-state index contributed by atoms with van der Waals surface area (Å²) in [4.78, 5) is 4.39. The van der Waals surface area contributed by atoms with Gasteiger partial charge in [0.25, 0.3) is 0 Å². The molecule has 6 rings (SSSR count). The van der Waals surface area contributed by atoms with Crippen molar-refractivity contribution < 1.29 is 8.81 Å². The highest BCUT2D eigenvalue weighted by atomic mass is 19.1. The molecule has 4 aromatic carbocycles. The van der Waals surface area contributed by atoms with E-state index >= 15 is 0 Å². The lowest BCUT2D eigenvalue weighted by Crippen LogP contribution is -2.42. The van der Waals surface area contributed by atoms with E-state index in [0.717, 1.165) is 33.7 Å². The summed E-state index contributed by atoms with van der Waals surface area (Å²) < 4.78 is 21.6. The van der Waals surface area contributed by atoms with Gasteiger partial charge in [-0.1, -0.05) is 86.6 Å².